The summed E-state index contributed by atoms with van der Waals surface area (Å²) in [7, 11) is -1.99. The van der Waals surface area contributed by atoms with Crippen molar-refractivity contribution in [1.82, 2.24) is 4.31 Å². The molecule has 0 saturated carbocycles. The number of nitriles is 1. The first-order valence-corrected chi connectivity index (χ1v) is 9.15. The molecule has 0 aliphatic carbocycles. The molecule has 24 heavy (non-hydrogen) atoms. The minimum absolute atomic E-state index is 0.197. The second kappa shape index (κ2) is 7.95. The molecule has 0 aliphatic rings. The molecule has 0 saturated heterocycles. The maximum Gasteiger partial charge on any atom is 0.218 e. The third-order valence-electron chi connectivity index (χ3n) is 3.65. The summed E-state index contributed by atoms with van der Waals surface area (Å²) in [5, 5.41) is 9.06. The number of rotatable bonds is 7. The van der Waals surface area contributed by atoms with E-state index in [-0.39, 0.29) is 18.9 Å². The summed E-state index contributed by atoms with van der Waals surface area (Å²) in [6.07, 6.45) is 0. The Morgan fingerprint density at radius 3 is 2.46 bits per heavy atom. The minimum Gasteiger partial charge on any atom is -0.492 e. The Labute approximate surface area is 143 Å². The van der Waals surface area contributed by atoms with Gasteiger partial charge >= 0.3 is 0 Å². The van der Waals surface area contributed by atoms with Gasteiger partial charge in [0.25, 0.3) is 0 Å². The maximum absolute atomic E-state index is 12.4. The van der Waals surface area contributed by atoms with E-state index in [2.05, 4.69) is 0 Å². The van der Waals surface area contributed by atoms with Crippen molar-refractivity contribution >= 4 is 10.0 Å². The van der Waals surface area contributed by atoms with Crippen LogP contribution in [0.15, 0.2) is 48.5 Å². The van der Waals surface area contributed by atoms with Gasteiger partial charge < -0.3 is 4.74 Å². The summed E-state index contributed by atoms with van der Waals surface area (Å²) in [5.74, 6) is 0.513. The van der Waals surface area contributed by atoms with Gasteiger partial charge in [-0.25, -0.2) is 12.7 Å². The van der Waals surface area contributed by atoms with Crippen molar-refractivity contribution in [2.75, 3.05) is 20.2 Å². The average Bonchev–Trinajstić information content (AvgIpc) is 2.56. The van der Waals surface area contributed by atoms with Gasteiger partial charge in [-0.15, -0.1) is 0 Å². The molecule has 0 fully saturated rings. The molecule has 0 bridgehead atoms. The molecule has 0 heterocycles. The Balaban J connectivity index is 1.94. The SMILES string of the molecule is Cc1ccc(OCCN(C)S(=O)(=O)Cc2ccccc2C#N)cc1. The number of sulfonamides is 1. The number of hydrogen-bond acceptors (Lipinski definition) is 4. The standard InChI is InChI=1S/C18H20N2O3S/c1-15-7-9-18(10-8-15)23-12-11-20(2)24(21,22)14-17-6-4-3-5-16(17)13-19/h3-10H,11-12,14H2,1-2H3. The van der Waals surface area contributed by atoms with Crippen LogP contribution in [0.2, 0.25) is 0 Å². The topological polar surface area (TPSA) is 70.4 Å². The van der Waals surface area contributed by atoms with E-state index in [9.17, 15) is 8.42 Å². The predicted molar refractivity (Wildman–Crippen MR) is 93.1 cm³/mol. The molecule has 2 aromatic rings. The fourth-order valence-electron chi connectivity index (χ4n) is 2.13. The van der Waals surface area contributed by atoms with E-state index >= 15 is 0 Å². The third-order valence-corrected chi connectivity index (χ3v) is 5.45. The van der Waals surface area contributed by atoms with Crippen molar-refractivity contribution in [3.8, 4) is 11.8 Å². The van der Waals surface area contributed by atoms with Crippen LogP contribution >= 0.6 is 0 Å². The van der Waals surface area contributed by atoms with Crippen LogP contribution in [0.1, 0.15) is 16.7 Å². The summed E-state index contributed by atoms with van der Waals surface area (Å²) in [6.45, 7) is 2.49. The third kappa shape index (κ3) is 4.82. The molecule has 6 heteroatoms. The first kappa shape index (κ1) is 18.0. The molecule has 0 N–H and O–H groups in total. The highest BCUT2D eigenvalue weighted by Gasteiger charge is 2.20. The lowest BCUT2D eigenvalue weighted by Crippen LogP contribution is -2.32. The molecule has 0 atom stereocenters. The number of nitrogens with zero attached hydrogens (tertiary/aromatic N) is 2. The Morgan fingerprint density at radius 2 is 1.79 bits per heavy atom. The van der Waals surface area contributed by atoms with E-state index < -0.39 is 10.0 Å². The number of benzene rings is 2. The van der Waals surface area contributed by atoms with Crippen molar-refractivity contribution in [1.29, 1.82) is 5.26 Å². The van der Waals surface area contributed by atoms with Crippen LogP contribution in [0.4, 0.5) is 0 Å². The number of hydrogen-bond donors (Lipinski definition) is 0. The quantitative estimate of drug-likeness (QED) is 0.774. The lowest BCUT2D eigenvalue weighted by molar-refractivity contribution is 0.286. The molecule has 126 valence electrons. The zero-order valence-corrected chi connectivity index (χ0v) is 14.6. The van der Waals surface area contributed by atoms with Crippen molar-refractivity contribution in [3.63, 3.8) is 0 Å². The van der Waals surface area contributed by atoms with Crippen LogP contribution in [0.25, 0.3) is 0 Å². The molecule has 5 nitrogen and oxygen atoms in total. The minimum atomic E-state index is -3.50. The Hall–Kier alpha value is -2.36. The molecule has 0 spiro atoms. The van der Waals surface area contributed by atoms with Crippen molar-refractivity contribution < 1.29 is 13.2 Å². The largest absolute Gasteiger partial charge is 0.492 e. The smallest absolute Gasteiger partial charge is 0.218 e. The first-order chi connectivity index (χ1) is 11.4. The zero-order chi connectivity index (χ0) is 17.6. The van der Waals surface area contributed by atoms with Crippen LogP contribution in [0, 0.1) is 18.3 Å². The number of ether oxygens (including phenoxy) is 1. The van der Waals surface area contributed by atoms with E-state index in [1.807, 2.05) is 37.3 Å². The lowest BCUT2D eigenvalue weighted by Gasteiger charge is -2.18. The number of likely N-dealkylation sites (N-methyl/N-ethyl adjacent to an activating group) is 1. The summed E-state index contributed by atoms with van der Waals surface area (Å²) >= 11 is 0. The van der Waals surface area contributed by atoms with Gasteiger partial charge in [0.1, 0.15) is 12.4 Å². The fourth-order valence-corrected chi connectivity index (χ4v) is 3.35. The highest BCUT2D eigenvalue weighted by molar-refractivity contribution is 7.88. The summed E-state index contributed by atoms with van der Waals surface area (Å²) < 4.78 is 31.7. The van der Waals surface area contributed by atoms with E-state index in [0.717, 1.165) is 5.56 Å². The molecule has 2 rings (SSSR count). The van der Waals surface area contributed by atoms with Gasteiger partial charge in [0.15, 0.2) is 0 Å². The molecule has 0 radical (unpaired) electrons. The molecule has 0 unspecified atom stereocenters. The predicted octanol–water partition coefficient (Wildman–Crippen LogP) is 2.71. The molecule has 0 aromatic heterocycles. The van der Waals surface area contributed by atoms with Crippen LogP contribution in [-0.2, 0) is 15.8 Å². The van der Waals surface area contributed by atoms with Crippen LogP contribution < -0.4 is 4.74 Å². The van der Waals surface area contributed by atoms with Crippen LogP contribution in [-0.4, -0.2) is 32.9 Å². The van der Waals surface area contributed by atoms with Gasteiger partial charge in [0.2, 0.25) is 10.0 Å². The van der Waals surface area contributed by atoms with Gasteiger partial charge in [-0.1, -0.05) is 35.9 Å². The summed E-state index contributed by atoms with van der Waals surface area (Å²) in [5.41, 5.74) is 2.02. The molecule has 0 amide bonds. The summed E-state index contributed by atoms with van der Waals surface area (Å²) in [4.78, 5) is 0. The fraction of sp³-hybridized carbons (Fsp3) is 0.278. The average molecular weight is 344 g/mol. The Bertz CT molecular complexity index is 824. The molecular weight excluding hydrogens is 324 g/mol. The highest BCUT2D eigenvalue weighted by Crippen LogP contribution is 2.15. The van der Waals surface area contributed by atoms with Crippen LogP contribution in [0.5, 0.6) is 5.75 Å². The van der Waals surface area contributed by atoms with E-state index in [0.29, 0.717) is 16.9 Å². The normalized spacial score (nSPS) is 11.2. The highest BCUT2D eigenvalue weighted by atomic mass is 32.2. The van der Waals surface area contributed by atoms with Gasteiger partial charge in [-0.05, 0) is 30.7 Å². The molecular formula is C18H20N2O3S. The molecule has 0 aliphatic heterocycles. The van der Waals surface area contributed by atoms with Crippen LogP contribution in [0.3, 0.4) is 0 Å². The van der Waals surface area contributed by atoms with Gasteiger partial charge in [0, 0.05) is 13.6 Å². The van der Waals surface area contributed by atoms with Gasteiger partial charge in [0.05, 0.1) is 17.4 Å². The first-order valence-electron chi connectivity index (χ1n) is 7.54. The van der Waals surface area contributed by atoms with E-state index in [1.165, 1.54) is 11.4 Å². The Morgan fingerprint density at radius 1 is 1.12 bits per heavy atom. The second-order valence-corrected chi connectivity index (χ2v) is 7.58. The van der Waals surface area contributed by atoms with E-state index in [4.69, 9.17) is 10.00 Å². The zero-order valence-electron chi connectivity index (χ0n) is 13.8. The van der Waals surface area contributed by atoms with Gasteiger partial charge in [-0.3, -0.25) is 0 Å². The van der Waals surface area contributed by atoms with Crippen molar-refractivity contribution in [3.05, 3.63) is 65.2 Å². The van der Waals surface area contributed by atoms with E-state index in [1.54, 1.807) is 24.3 Å². The lowest BCUT2D eigenvalue weighted by atomic mass is 10.1. The Kier molecular flexibility index (Phi) is 5.96. The summed E-state index contributed by atoms with van der Waals surface area (Å²) in [6, 6.07) is 16.3. The second-order valence-electron chi connectivity index (χ2n) is 5.51. The van der Waals surface area contributed by atoms with Gasteiger partial charge in [-0.2, -0.15) is 5.26 Å². The molecule has 2 aromatic carbocycles. The van der Waals surface area contributed by atoms with Crippen molar-refractivity contribution in [2.24, 2.45) is 0 Å². The van der Waals surface area contributed by atoms with Crippen molar-refractivity contribution in [2.45, 2.75) is 12.7 Å². The number of aryl methyl sites for hydroxylation is 1. The maximum atomic E-state index is 12.4. The monoisotopic (exact) mass is 344 g/mol.